The number of hydrogen-bond donors (Lipinski definition) is 4. The van der Waals surface area contributed by atoms with Gasteiger partial charge < -0.3 is 25.4 Å². The third-order valence-electron chi connectivity index (χ3n) is 3.12. The molecular formula is C12H24N2O4. The number of aliphatic hydroxyl groups excluding tert-OH is 3. The Morgan fingerprint density at radius 1 is 1.33 bits per heavy atom. The molecular weight excluding hydrogens is 236 g/mol. The monoisotopic (exact) mass is 260 g/mol. The van der Waals surface area contributed by atoms with Crippen LogP contribution in [0.1, 0.15) is 27.2 Å². The molecule has 0 radical (unpaired) electrons. The van der Waals surface area contributed by atoms with Crippen molar-refractivity contribution in [3.05, 3.63) is 0 Å². The van der Waals surface area contributed by atoms with Crippen LogP contribution in [-0.4, -0.2) is 64.8 Å². The minimum absolute atomic E-state index is 0.307. The summed E-state index contributed by atoms with van der Waals surface area (Å²) in [4.78, 5) is 4.28. The molecule has 1 fully saturated rings. The molecule has 0 aromatic rings. The lowest BCUT2D eigenvalue weighted by atomic mass is 9.93. The Balaban J connectivity index is 2.65. The van der Waals surface area contributed by atoms with Crippen molar-refractivity contribution in [2.45, 2.75) is 57.6 Å². The molecule has 0 aromatic carbocycles. The van der Waals surface area contributed by atoms with Crippen LogP contribution < -0.4 is 5.32 Å². The fourth-order valence-corrected chi connectivity index (χ4v) is 2.07. The number of nitrogens with one attached hydrogen (secondary N) is 1. The summed E-state index contributed by atoms with van der Waals surface area (Å²) in [7, 11) is 0. The summed E-state index contributed by atoms with van der Waals surface area (Å²) in [5.74, 6) is 0.714. The molecule has 18 heavy (non-hydrogen) atoms. The zero-order valence-electron chi connectivity index (χ0n) is 11.2. The highest BCUT2D eigenvalue weighted by molar-refractivity contribution is 5.79. The number of amidine groups is 1. The molecule has 106 valence electrons. The molecule has 1 aliphatic rings. The first kappa shape index (κ1) is 15.4. The maximum atomic E-state index is 10.0. The maximum Gasteiger partial charge on any atom is 0.110 e. The van der Waals surface area contributed by atoms with Crippen molar-refractivity contribution in [2.75, 3.05) is 13.2 Å². The second-order valence-electron chi connectivity index (χ2n) is 4.68. The molecule has 5 atom stereocenters. The van der Waals surface area contributed by atoms with Crippen molar-refractivity contribution in [3.8, 4) is 0 Å². The van der Waals surface area contributed by atoms with Crippen molar-refractivity contribution in [1.82, 2.24) is 5.32 Å². The predicted molar refractivity (Wildman–Crippen MR) is 68.6 cm³/mol. The van der Waals surface area contributed by atoms with E-state index in [0.717, 1.165) is 13.0 Å². The SMILES string of the molecule is CCCN=C(C)N[C@@H]1[C@@H](O)[C@H](O)[C@@H](CO)O[C@@H]1C. The molecule has 0 amide bonds. The Labute approximate surface area is 108 Å². The van der Waals surface area contributed by atoms with Crippen molar-refractivity contribution < 1.29 is 20.1 Å². The van der Waals surface area contributed by atoms with Crippen molar-refractivity contribution in [1.29, 1.82) is 0 Å². The Kier molecular flexibility index (Phi) is 6.01. The van der Waals surface area contributed by atoms with Gasteiger partial charge in [-0.3, -0.25) is 4.99 Å². The molecule has 0 saturated carbocycles. The molecule has 0 unspecified atom stereocenters. The van der Waals surface area contributed by atoms with Gasteiger partial charge in [-0.25, -0.2) is 0 Å². The molecule has 1 saturated heterocycles. The minimum Gasteiger partial charge on any atom is -0.394 e. The number of hydrogen-bond acceptors (Lipinski definition) is 5. The summed E-state index contributed by atoms with van der Waals surface area (Å²) in [6.07, 6.45) is -2.18. The van der Waals surface area contributed by atoms with Crippen LogP contribution in [0.4, 0.5) is 0 Å². The van der Waals surface area contributed by atoms with E-state index >= 15 is 0 Å². The van der Waals surface area contributed by atoms with Crippen LogP contribution in [0.15, 0.2) is 4.99 Å². The quantitative estimate of drug-likeness (QED) is 0.395. The second-order valence-corrected chi connectivity index (χ2v) is 4.68. The lowest BCUT2D eigenvalue weighted by Gasteiger charge is -2.41. The van der Waals surface area contributed by atoms with E-state index < -0.39 is 24.4 Å². The number of aliphatic imine (C=N–C) groups is 1. The Morgan fingerprint density at radius 2 is 2.00 bits per heavy atom. The van der Waals surface area contributed by atoms with Crippen LogP contribution in [-0.2, 0) is 4.74 Å². The van der Waals surface area contributed by atoms with Gasteiger partial charge in [0.1, 0.15) is 18.3 Å². The topological polar surface area (TPSA) is 94.3 Å². The second kappa shape index (κ2) is 7.04. The number of ether oxygens (including phenoxy) is 1. The third-order valence-corrected chi connectivity index (χ3v) is 3.12. The van der Waals surface area contributed by atoms with Crippen LogP contribution in [0, 0.1) is 0 Å². The molecule has 6 nitrogen and oxygen atoms in total. The van der Waals surface area contributed by atoms with Gasteiger partial charge in [0.25, 0.3) is 0 Å². The first-order valence-electron chi connectivity index (χ1n) is 6.41. The van der Waals surface area contributed by atoms with E-state index in [1.54, 1.807) is 6.92 Å². The van der Waals surface area contributed by atoms with E-state index in [-0.39, 0.29) is 12.7 Å². The third kappa shape index (κ3) is 3.65. The summed E-state index contributed by atoms with van der Waals surface area (Å²) < 4.78 is 5.46. The zero-order chi connectivity index (χ0) is 13.7. The van der Waals surface area contributed by atoms with Crippen molar-refractivity contribution >= 4 is 5.84 Å². The van der Waals surface area contributed by atoms with E-state index in [0.29, 0.717) is 5.84 Å². The molecule has 4 N–H and O–H groups in total. The summed E-state index contributed by atoms with van der Waals surface area (Å²) in [5.41, 5.74) is 0. The first-order valence-corrected chi connectivity index (χ1v) is 6.41. The summed E-state index contributed by atoms with van der Waals surface area (Å²) in [5, 5.41) is 31.9. The van der Waals surface area contributed by atoms with Gasteiger partial charge in [-0.1, -0.05) is 6.92 Å². The average molecular weight is 260 g/mol. The summed E-state index contributed by atoms with van der Waals surface area (Å²) in [6, 6.07) is -0.427. The van der Waals surface area contributed by atoms with Gasteiger partial charge in [-0.2, -0.15) is 0 Å². The maximum absolute atomic E-state index is 10.0. The minimum atomic E-state index is -1.09. The molecule has 1 rings (SSSR count). The van der Waals surface area contributed by atoms with E-state index in [1.807, 2.05) is 13.8 Å². The fourth-order valence-electron chi connectivity index (χ4n) is 2.07. The Bertz CT molecular complexity index is 285. The molecule has 1 heterocycles. The lowest BCUT2D eigenvalue weighted by molar-refractivity contribution is -0.187. The normalized spacial score (nSPS) is 37.7. The molecule has 1 aliphatic heterocycles. The van der Waals surface area contributed by atoms with E-state index in [1.165, 1.54) is 0 Å². The smallest absolute Gasteiger partial charge is 0.110 e. The van der Waals surface area contributed by atoms with Crippen molar-refractivity contribution in [3.63, 3.8) is 0 Å². The van der Waals surface area contributed by atoms with E-state index in [4.69, 9.17) is 9.84 Å². The number of rotatable bonds is 4. The van der Waals surface area contributed by atoms with Gasteiger partial charge >= 0.3 is 0 Å². The predicted octanol–water partition coefficient (Wildman–Crippen LogP) is -0.726. The Hall–Kier alpha value is -0.690. The van der Waals surface area contributed by atoms with Gasteiger partial charge in [0.2, 0.25) is 0 Å². The fraction of sp³-hybridized carbons (Fsp3) is 0.917. The average Bonchev–Trinajstić information content (AvgIpc) is 2.36. The molecule has 0 spiro atoms. The highest BCUT2D eigenvalue weighted by atomic mass is 16.5. The Morgan fingerprint density at radius 3 is 2.56 bits per heavy atom. The van der Waals surface area contributed by atoms with Gasteiger partial charge in [-0.15, -0.1) is 0 Å². The summed E-state index contributed by atoms with van der Waals surface area (Å²) >= 11 is 0. The number of aliphatic hydroxyl groups is 3. The zero-order valence-corrected chi connectivity index (χ0v) is 11.2. The van der Waals surface area contributed by atoms with Crippen LogP contribution in [0.5, 0.6) is 0 Å². The molecule has 6 heteroatoms. The van der Waals surface area contributed by atoms with Gasteiger partial charge in [0.15, 0.2) is 0 Å². The van der Waals surface area contributed by atoms with Crippen LogP contribution in [0.3, 0.4) is 0 Å². The first-order chi connectivity index (χ1) is 8.51. The highest BCUT2D eigenvalue weighted by Gasteiger charge is 2.42. The van der Waals surface area contributed by atoms with E-state index in [2.05, 4.69) is 10.3 Å². The molecule has 0 aromatic heterocycles. The number of nitrogens with zero attached hydrogens (tertiary/aromatic N) is 1. The van der Waals surface area contributed by atoms with Gasteiger partial charge in [0, 0.05) is 6.54 Å². The van der Waals surface area contributed by atoms with Crippen LogP contribution in [0.2, 0.25) is 0 Å². The van der Waals surface area contributed by atoms with E-state index in [9.17, 15) is 10.2 Å². The highest BCUT2D eigenvalue weighted by Crippen LogP contribution is 2.20. The summed E-state index contributed by atoms with van der Waals surface area (Å²) in [6.45, 7) is 6.06. The standard InChI is InChI=1S/C12H24N2O4/c1-4-5-13-8(3)14-10-7(2)18-9(6-15)11(16)12(10)17/h7,9-12,15-17H,4-6H2,1-3H3,(H,13,14)/t7-,9-,10+,11-,12-/m1/s1. The van der Waals surface area contributed by atoms with Gasteiger partial charge in [-0.05, 0) is 20.3 Å². The largest absolute Gasteiger partial charge is 0.394 e. The van der Waals surface area contributed by atoms with Crippen molar-refractivity contribution in [2.24, 2.45) is 4.99 Å². The molecule has 0 aliphatic carbocycles. The van der Waals surface area contributed by atoms with Crippen LogP contribution >= 0.6 is 0 Å². The van der Waals surface area contributed by atoms with Gasteiger partial charge in [0.05, 0.1) is 24.6 Å². The van der Waals surface area contributed by atoms with Crippen LogP contribution in [0.25, 0.3) is 0 Å². The molecule has 0 bridgehead atoms. The lowest BCUT2D eigenvalue weighted by Crippen LogP contribution is -2.63.